The summed E-state index contributed by atoms with van der Waals surface area (Å²) >= 11 is 1.56. The monoisotopic (exact) mass is 290 g/mol. The lowest BCUT2D eigenvalue weighted by Crippen LogP contribution is -2.37. The minimum atomic E-state index is -1.06. The molecule has 2 amide bonds. The Morgan fingerprint density at radius 1 is 1.30 bits per heavy atom. The van der Waals surface area contributed by atoms with Crippen LogP contribution in [-0.4, -0.2) is 24.2 Å². The normalized spacial score (nSPS) is 10.1. The molecule has 2 rings (SSSR count). The van der Waals surface area contributed by atoms with Gasteiger partial charge in [-0.1, -0.05) is 12.1 Å². The zero-order valence-corrected chi connectivity index (χ0v) is 11.7. The van der Waals surface area contributed by atoms with Crippen molar-refractivity contribution in [3.8, 4) is 0 Å². The number of carbonyl (C=O) groups excluding carboxylic acids is 1. The van der Waals surface area contributed by atoms with E-state index in [4.69, 9.17) is 5.11 Å². The van der Waals surface area contributed by atoms with Crippen molar-refractivity contribution in [2.45, 2.75) is 6.54 Å². The Labute approximate surface area is 120 Å². The van der Waals surface area contributed by atoms with Crippen molar-refractivity contribution in [3.05, 3.63) is 52.2 Å². The molecule has 0 radical (unpaired) electrons. The third kappa shape index (κ3) is 3.16. The van der Waals surface area contributed by atoms with Crippen LogP contribution < -0.4 is 10.2 Å². The summed E-state index contributed by atoms with van der Waals surface area (Å²) in [7, 11) is 1.55. The van der Waals surface area contributed by atoms with Crippen LogP contribution in [0.3, 0.4) is 0 Å². The van der Waals surface area contributed by atoms with Crippen molar-refractivity contribution in [2.75, 3.05) is 11.9 Å². The molecular weight excluding hydrogens is 276 g/mol. The van der Waals surface area contributed by atoms with Gasteiger partial charge in [-0.15, -0.1) is 0 Å². The van der Waals surface area contributed by atoms with Crippen molar-refractivity contribution < 1.29 is 14.7 Å². The van der Waals surface area contributed by atoms with E-state index in [2.05, 4.69) is 5.32 Å². The van der Waals surface area contributed by atoms with Gasteiger partial charge in [-0.25, -0.2) is 9.59 Å². The van der Waals surface area contributed by atoms with Gasteiger partial charge in [0.15, 0.2) is 0 Å². The number of thiophene rings is 1. The topological polar surface area (TPSA) is 69.6 Å². The molecule has 104 valence electrons. The first-order valence-corrected chi connectivity index (χ1v) is 6.89. The summed E-state index contributed by atoms with van der Waals surface area (Å²) in [6.45, 7) is 0.419. The standard InChI is InChI=1S/C14H14N2O3S/c1-16(12-5-3-2-4-11(12)13(17)18)14(19)15-8-10-6-7-20-9-10/h2-7,9H,8H2,1H3,(H,15,19)(H,17,18). The Balaban J connectivity index is 2.08. The smallest absolute Gasteiger partial charge is 0.337 e. The third-order valence-electron chi connectivity index (χ3n) is 2.82. The fourth-order valence-electron chi connectivity index (χ4n) is 1.75. The number of carboxylic acids is 1. The minimum absolute atomic E-state index is 0.0979. The molecule has 0 unspecified atom stereocenters. The van der Waals surface area contributed by atoms with Gasteiger partial charge in [-0.05, 0) is 34.5 Å². The number of para-hydroxylation sites is 1. The molecule has 0 saturated carbocycles. The van der Waals surface area contributed by atoms with Gasteiger partial charge in [0.25, 0.3) is 0 Å². The maximum atomic E-state index is 12.0. The number of nitrogens with one attached hydrogen (secondary N) is 1. The van der Waals surface area contributed by atoms with E-state index in [1.165, 1.54) is 11.0 Å². The lowest BCUT2D eigenvalue weighted by atomic mass is 10.1. The van der Waals surface area contributed by atoms with Crippen molar-refractivity contribution in [1.82, 2.24) is 5.32 Å². The van der Waals surface area contributed by atoms with Gasteiger partial charge in [0, 0.05) is 13.6 Å². The van der Waals surface area contributed by atoms with Crippen LogP contribution in [0.1, 0.15) is 15.9 Å². The van der Waals surface area contributed by atoms with Gasteiger partial charge < -0.3 is 10.4 Å². The number of aromatic carboxylic acids is 1. The predicted octanol–water partition coefficient (Wildman–Crippen LogP) is 2.79. The molecule has 6 heteroatoms. The lowest BCUT2D eigenvalue weighted by molar-refractivity contribution is 0.0697. The van der Waals surface area contributed by atoms with Crippen LogP contribution in [0.4, 0.5) is 10.5 Å². The number of amides is 2. The van der Waals surface area contributed by atoms with E-state index in [0.29, 0.717) is 12.2 Å². The zero-order chi connectivity index (χ0) is 14.5. The SMILES string of the molecule is CN(C(=O)NCc1ccsc1)c1ccccc1C(=O)O. The van der Waals surface area contributed by atoms with Gasteiger partial charge in [-0.3, -0.25) is 4.90 Å². The average molecular weight is 290 g/mol. The Hall–Kier alpha value is -2.34. The number of carboxylic acid groups (broad SMARTS) is 1. The zero-order valence-electron chi connectivity index (χ0n) is 10.9. The number of benzene rings is 1. The molecule has 1 aromatic carbocycles. The molecule has 0 spiro atoms. The fourth-order valence-corrected chi connectivity index (χ4v) is 2.41. The summed E-state index contributed by atoms with van der Waals surface area (Å²) in [5, 5.41) is 15.8. The highest BCUT2D eigenvalue weighted by molar-refractivity contribution is 7.07. The first-order valence-electron chi connectivity index (χ1n) is 5.94. The average Bonchev–Trinajstić information content (AvgIpc) is 2.97. The first kappa shape index (κ1) is 14.1. The quantitative estimate of drug-likeness (QED) is 0.909. The van der Waals surface area contributed by atoms with Crippen LogP contribution in [0, 0.1) is 0 Å². The lowest BCUT2D eigenvalue weighted by Gasteiger charge is -2.19. The fraction of sp³-hybridized carbons (Fsp3) is 0.143. The van der Waals surface area contributed by atoms with E-state index in [0.717, 1.165) is 5.56 Å². The van der Waals surface area contributed by atoms with E-state index >= 15 is 0 Å². The summed E-state index contributed by atoms with van der Waals surface area (Å²) < 4.78 is 0. The molecule has 0 aliphatic carbocycles. The molecule has 1 aromatic heterocycles. The van der Waals surface area contributed by atoms with Crippen LogP contribution >= 0.6 is 11.3 Å². The van der Waals surface area contributed by atoms with Crippen LogP contribution in [-0.2, 0) is 6.54 Å². The summed E-state index contributed by atoms with van der Waals surface area (Å²) in [6, 6.07) is 7.99. The second-order valence-corrected chi connectivity index (χ2v) is 4.95. The summed E-state index contributed by atoms with van der Waals surface area (Å²) in [5.41, 5.74) is 1.48. The molecule has 0 bridgehead atoms. The van der Waals surface area contributed by atoms with Crippen molar-refractivity contribution in [2.24, 2.45) is 0 Å². The molecule has 0 aliphatic heterocycles. The highest BCUT2D eigenvalue weighted by Crippen LogP contribution is 2.19. The molecule has 20 heavy (non-hydrogen) atoms. The molecule has 5 nitrogen and oxygen atoms in total. The van der Waals surface area contributed by atoms with Crippen molar-refractivity contribution in [3.63, 3.8) is 0 Å². The number of carbonyl (C=O) groups is 2. The van der Waals surface area contributed by atoms with Crippen LogP contribution in [0.25, 0.3) is 0 Å². The number of hydrogen-bond donors (Lipinski definition) is 2. The van der Waals surface area contributed by atoms with Gasteiger partial charge in [-0.2, -0.15) is 11.3 Å². The van der Waals surface area contributed by atoms with E-state index in [1.807, 2.05) is 16.8 Å². The van der Waals surface area contributed by atoms with E-state index in [-0.39, 0.29) is 11.6 Å². The van der Waals surface area contributed by atoms with Crippen LogP contribution in [0.15, 0.2) is 41.1 Å². The summed E-state index contributed by atoms with van der Waals surface area (Å²) in [5.74, 6) is -1.06. The molecule has 0 atom stereocenters. The predicted molar refractivity (Wildman–Crippen MR) is 78.4 cm³/mol. The molecule has 0 aliphatic rings. The maximum Gasteiger partial charge on any atom is 0.337 e. The highest BCUT2D eigenvalue weighted by atomic mass is 32.1. The Kier molecular flexibility index (Phi) is 4.37. The van der Waals surface area contributed by atoms with Crippen molar-refractivity contribution in [1.29, 1.82) is 0 Å². The third-order valence-corrected chi connectivity index (χ3v) is 3.56. The second kappa shape index (κ2) is 6.21. The number of anilines is 1. The summed E-state index contributed by atoms with van der Waals surface area (Å²) in [4.78, 5) is 24.5. The molecule has 0 saturated heterocycles. The molecule has 1 heterocycles. The first-order chi connectivity index (χ1) is 9.59. The van der Waals surface area contributed by atoms with Gasteiger partial charge in [0.1, 0.15) is 0 Å². The molecule has 0 fully saturated rings. The van der Waals surface area contributed by atoms with E-state index in [1.54, 1.807) is 36.6 Å². The van der Waals surface area contributed by atoms with E-state index < -0.39 is 5.97 Å². The highest BCUT2D eigenvalue weighted by Gasteiger charge is 2.17. The largest absolute Gasteiger partial charge is 0.478 e. The van der Waals surface area contributed by atoms with E-state index in [9.17, 15) is 9.59 Å². The maximum absolute atomic E-state index is 12.0. The van der Waals surface area contributed by atoms with Gasteiger partial charge in [0.05, 0.1) is 11.3 Å². The Morgan fingerprint density at radius 3 is 2.70 bits per heavy atom. The second-order valence-electron chi connectivity index (χ2n) is 4.17. The number of rotatable bonds is 4. The Bertz CT molecular complexity index is 611. The van der Waals surface area contributed by atoms with Gasteiger partial charge >= 0.3 is 12.0 Å². The minimum Gasteiger partial charge on any atom is -0.478 e. The number of hydrogen-bond acceptors (Lipinski definition) is 3. The molecule has 2 aromatic rings. The number of urea groups is 1. The van der Waals surface area contributed by atoms with Crippen LogP contribution in [0.2, 0.25) is 0 Å². The number of nitrogens with zero attached hydrogens (tertiary/aromatic N) is 1. The molecular formula is C14H14N2O3S. The van der Waals surface area contributed by atoms with Gasteiger partial charge in [0.2, 0.25) is 0 Å². The molecule has 2 N–H and O–H groups in total. The van der Waals surface area contributed by atoms with Crippen LogP contribution in [0.5, 0.6) is 0 Å². The Morgan fingerprint density at radius 2 is 2.05 bits per heavy atom. The van der Waals surface area contributed by atoms with Crippen molar-refractivity contribution >= 4 is 29.0 Å². The summed E-state index contributed by atoms with van der Waals surface area (Å²) in [6.07, 6.45) is 0.